The van der Waals surface area contributed by atoms with Crippen molar-refractivity contribution in [3.63, 3.8) is 0 Å². The molecule has 0 aliphatic rings. The standard InChI is InChI=1S/C16H16Cl2N6O/c1-9-4-5-11(15(21-9)24-8-12(17)7-20-24)6-19-16(25)14-13(18)10(2)23(3)22-14/h4-5,7-8H,6H2,1-3H3,(H,19,25). The third-order valence-corrected chi connectivity index (χ3v) is 4.43. The largest absolute Gasteiger partial charge is 0.346 e. The minimum Gasteiger partial charge on any atom is -0.346 e. The van der Waals surface area contributed by atoms with Crippen LogP contribution in [-0.2, 0) is 13.6 Å². The first-order valence-corrected chi connectivity index (χ1v) is 8.26. The summed E-state index contributed by atoms with van der Waals surface area (Å²) in [4.78, 5) is 16.9. The van der Waals surface area contributed by atoms with Crippen molar-refractivity contribution >= 4 is 29.1 Å². The van der Waals surface area contributed by atoms with Crippen molar-refractivity contribution in [3.05, 3.63) is 57.2 Å². The highest BCUT2D eigenvalue weighted by molar-refractivity contribution is 6.34. The van der Waals surface area contributed by atoms with Crippen LogP contribution in [0.1, 0.15) is 27.4 Å². The van der Waals surface area contributed by atoms with E-state index >= 15 is 0 Å². The van der Waals surface area contributed by atoms with Gasteiger partial charge in [-0.3, -0.25) is 9.48 Å². The van der Waals surface area contributed by atoms with E-state index < -0.39 is 0 Å². The van der Waals surface area contributed by atoms with Crippen molar-refractivity contribution in [2.45, 2.75) is 20.4 Å². The second kappa shape index (κ2) is 6.85. The van der Waals surface area contributed by atoms with Gasteiger partial charge in [0.05, 0.1) is 28.1 Å². The molecule has 7 nitrogen and oxygen atoms in total. The molecular weight excluding hydrogens is 363 g/mol. The van der Waals surface area contributed by atoms with Gasteiger partial charge in [0.25, 0.3) is 5.91 Å². The van der Waals surface area contributed by atoms with E-state index in [2.05, 4.69) is 20.5 Å². The Balaban J connectivity index is 1.84. The number of halogens is 2. The lowest BCUT2D eigenvalue weighted by Crippen LogP contribution is -2.24. The second-order valence-electron chi connectivity index (χ2n) is 5.59. The van der Waals surface area contributed by atoms with Crippen LogP contribution < -0.4 is 5.32 Å². The van der Waals surface area contributed by atoms with Gasteiger partial charge in [0.2, 0.25) is 0 Å². The lowest BCUT2D eigenvalue weighted by Gasteiger charge is -2.10. The maximum absolute atomic E-state index is 12.4. The molecule has 0 aliphatic heterocycles. The lowest BCUT2D eigenvalue weighted by atomic mass is 10.2. The number of aryl methyl sites for hydroxylation is 2. The van der Waals surface area contributed by atoms with Crippen LogP contribution in [-0.4, -0.2) is 30.5 Å². The van der Waals surface area contributed by atoms with E-state index in [0.29, 0.717) is 15.9 Å². The van der Waals surface area contributed by atoms with Crippen LogP contribution >= 0.6 is 23.2 Å². The molecule has 0 bridgehead atoms. The summed E-state index contributed by atoms with van der Waals surface area (Å²) < 4.78 is 3.15. The van der Waals surface area contributed by atoms with Gasteiger partial charge in [-0.25, -0.2) is 9.67 Å². The zero-order valence-corrected chi connectivity index (χ0v) is 15.4. The monoisotopic (exact) mass is 378 g/mol. The average Bonchev–Trinajstić information content (AvgIpc) is 3.12. The van der Waals surface area contributed by atoms with Crippen molar-refractivity contribution in [1.82, 2.24) is 29.9 Å². The zero-order valence-electron chi connectivity index (χ0n) is 13.9. The fourth-order valence-corrected chi connectivity index (χ4v) is 2.69. The quantitative estimate of drug-likeness (QED) is 0.756. The highest BCUT2D eigenvalue weighted by atomic mass is 35.5. The van der Waals surface area contributed by atoms with E-state index in [4.69, 9.17) is 23.2 Å². The van der Waals surface area contributed by atoms with Gasteiger partial charge in [0.15, 0.2) is 11.5 Å². The predicted octanol–water partition coefficient (Wildman–Crippen LogP) is 2.85. The van der Waals surface area contributed by atoms with Gasteiger partial charge in [0.1, 0.15) is 0 Å². The van der Waals surface area contributed by atoms with Gasteiger partial charge in [-0.05, 0) is 19.9 Å². The first-order chi connectivity index (χ1) is 11.9. The Morgan fingerprint density at radius 3 is 2.64 bits per heavy atom. The summed E-state index contributed by atoms with van der Waals surface area (Å²) in [6.07, 6.45) is 3.19. The summed E-state index contributed by atoms with van der Waals surface area (Å²) in [6.45, 7) is 3.94. The van der Waals surface area contributed by atoms with Crippen LogP contribution in [0.4, 0.5) is 0 Å². The minimum atomic E-state index is -0.348. The van der Waals surface area contributed by atoms with Gasteiger partial charge >= 0.3 is 0 Å². The maximum atomic E-state index is 12.4. The number of amides is 1. The van der Waals surface area contributed by atoms with Gasteiger partial charge in [-0.2, -0.15) is 10.2 Å². The van der Waals surface area contributed by atoms with Crippen LogP contribution in [0.2, 0.25) is 10.0 Å². The van der Waals surface area contributed by atoms with Crippen molar-refractivity contribution < 1.29 is 4.79 Å². The molecule has 25 heavy (non-hydrogen) atoms. The molecule has 130 valence electrons. The van der Waals surface area contributed by atoms with Crippen molar-refractivity contribution in [2.75, 3.05) is 0 Å². The Morgan fingerprint density at radius 2 is 2.04 bits per heavy atom. The van der Waals surface area contributed by atoms with Crippen LogP contribution in [0, 0.1) is 13.8 Å². The lowest BCUT2D eigenvalue weighted by molar-refractivity contribution is 0.0945. The van der Waals surface area contributed by atoms with E-state index in [1.807, 2.05) is 19.1 Å². The van der Waals surface area contributed by atoms with Gasteiger partial charge in [-0.1, -0.05) is 29.3 Å². The third kappa shape index (κ3) is 3.52. The summed E-state index contributed by atoms with van der Waals surface area (Å²) in [5, 5.41) is 12.0. The van der Waals surface area contributed by atoms with Crippen molar-refractivity contribution in [3.8, 4) is 5.82 Å². The molecule has 0 aromatic carbocycles. The highest BCUT2D eigenvalue weighted by Gasteiger charge is 2.18. The number of nitrogens with one attached hydrogen (secondary N) is 1. The molecule has 0 fully saturated rings. The van der Waals surface area contributed by atoms with Crippen LogP contribution in [0.3, 0.4) is 0 Å². The number of hydrogen-bond acceptors (Lipinski definition) is 4. The van der Waals surface area contributed by atoms with E-state index in [1.54, 1.807) is 29.5 Å². The maximum Gasteiger partial charge on any atom is 0.273 e. The molecule has 1 N–H and O–H groups in total. The van der Waals surface area contributed by atoms with Crippen LogP contribution in [0.15, 0.2) is 24.5 Å². The molecular formula is C16H16Cl2N6O. The second-order valence-corrected chi connectivity index (χ2v) is 6.41. The fourth-order valence-electron chi connectivity index (χ4n) is 2.31. The normalized spacial score (nSPS) is 10.9. The van der Waals surface area contributed by atoms with Crippen molar-refractivity contribution in [2.24, 2.45) is 7.05 Å². The number of hydrogen-bond donors (Lipinski definition) is 1. The number of nitrogens with zero attached hydrogens (tertiary/aromatic N) is 5. The summed E-state index contributed by atoms with van der Waals surface area (Å²) in [7, 11) is 1.74. The Labute approximate surface area is 154 Å². The molecule has 1 amide bonds. The Hall–Kier alpha value is -2.38. The molecule has 0 saturated heterocycles. The molecule has 3 heterocycles. The Kier molecular flexibility index (Phi) is 4.78. The van der Waals surface area contributed by atoms with Crippen molar-refractivity contribution in [1.29, 1.82) is 0 Å². The first kappa shape index (κ1) is 17.4. The predicted molar refractivity (Wildman–Crippen MR) is 95.2 cm³/mol. The topological polar surface area (TPSA) is 77.6 Å². The molecule has 0 spiro atoms. The average molecular weight is 379 g/mol. The molecule has 3 aromatic rings. The number of carbonyl (C=O) groups excluding carboxylic acids is 1. The van der Waals surface area contributed by atoms with Gasteiger partial charge < -0.3 is 5.32 Å². The number of rotatable bonds is 4. The Bertz CT molecular complexity index is 946. The molecule has 0 atom stereocenters. The third-order valence-electron chi connectivity index (χ3n) is 3.78. The molecule has 3 rings (SSSR count). The Morgan fingerprint density at radius 1 is 1.28 bits per heavy atom. The van der Waals surface area contributed by atoms with Gasteiger partial charge in [-0.15, -0.1) is 0 Å². The zero-order chi connectivity index (χ0) is 18.1. The van der Waals surface area contributed by atoms with Crippen LogP contribution in [0.25, 0.3) is 5.82 Å². The molecule has 0 saturated carbocycles. The molecule has 0 aliphatic carbocycles. The molecule has 0 radical (unpaired) electrons. The summed E-state index contributed by atoms with van der Waals surface area (Å²) >= 11 is 12.1. The van der Waals surface area contributed by atoms with E-state index in [-0.39, 0.29) is 18.1 Å². The van der Waals surface area contributed by atoms with E-state index in [1.165, 1.54) is 6.20 Å². The SMILES string of the molecule is Cc1ccc(CNC(=O)c2nn(C)c(C)c2Cl)c(-n2cc(Cl)cn2)n1. The minimum absolute atomic E-state index is 0.199. The molecule has 0 unspecified atom stereocenters. The smallest absolute Gasteiger partial charge is 0.273 e. The number of aromatic nitrogens is 5. The summed E-state index contributed by atoms with van der Waals surface area (Å²) in [5.74, 6) is 0.259. The number of pyridine rings is 1. The van der Waals surface area contributed by atoms with Gasteiger partial charge in [0, 0.05) is 24.8 Å². The summed E-state index contributed by atoms with van der Waals surface area (Å²) in [5.41, 5.74) is 2.56. The van der Waals surface area contributed by atoms with E-state index in [0.717, 1.165) is 17.0 Å². The highest BCUT2D eigenvalue weighted by Crippen LogP contribution is 2.20. The number of carbonyl (C=O) groups is 1. The summed E-state index contributed by atoms with van der Waals surface area (Å²) in [6, 6.07) is 3.76. The first-order valence-electron chi connectivity index (χ1n) is 7.51. The van der Waals surface area contributed by atoms with E-state index in [9.17, 15) is 4.79 Å². The fraction of sp³-hybridized carbons (Fsp3) is 0.250. The molecule has 9 heteroatoms. The van der Waals surface area contributed by atoms with Crippen LogP contribution in [0.5, 0.6) is 0 Å². The molecule has 3 aromatic heterocycles.